The molecular weight excluding hydrogens is 292 g/mol. The highest BCUT2D eigenvalue weighted by molar-refractivity contribution is 8.03. The number of hydrogen-bond donors (Lipinski definition) is 2. The molecule has 0 amide bonds. The van der Waals surface area contributed by atoms with Gasteiger partial charge in [0.25, 0.3) is 0 Å². The molecule has 0 fully saturated rings. The van der Waals surface area contributed by atoms with Crippen molar-refractivity contribution >= 4 is 11.8 Å². The number of thioether (sulfide) groups is 1. The molecule has 0 radical (unpaired) electrons. The lowest BCUT2D eigenvalue weighted by molar-refractivity contribution is 0.320. The number of allylic oxidation sites excluding steroid dienone is 2. The molecule has 0 saturated carbocycles. The van der Waals surface area contributed by atoms with Crippen LogP contribution in [0.4, 0.5) is 0 Å². The number of benzene rings is 1. The Morgan fingerprint density at radius 3 is 2.18 bits per heavy atom. The molecule has 5 heteroatoms. The van der Waals surface area contributed by atoms with Crippen molar-refractivity contribution in [2.75, 3.05) is 0 Å². The standard InChI is InChI=1S/C17H18N4S/c1-17(2,3)14-12(9-18)15(20)21-16(13(14)10-19)22-11-7-5-4-6-8-11/h4-8,14,21H,20H2,1-3H3. The Hall–Kier alpha value is -2.37. The first-order valence-corrected chi connectivity index (χ1v) is 7.74. The molecule has 0 bridgehead atoms. The predicted octanol–water partition coefficient (Wildman–Crippen LogP) is 3.47. The van der Waals surface area contributed by atoms with E-state index < -0.39 is 0 Å². The third-order valence-corrected chi connectivity index (χ3v) is 4.46. The van der Waals surface area contributed by atoms with Gasteiger partial charge in [-0.25, -0.2) is 0 Å². The van der Waals surface area contributed by atoms with Crippen molar-refractivity contribution < 1.29 is 0 Å². The fraction of sp³-hybridized carbons (Fsp3) is 0.294. The summed E-state index contributed by atoms with van der Waals surface area (Å²) in [5, 5.41) is 22.8. The van der Waals surface area contributed by atoms with Gasteiger partial charge in [0.2, 0.25) is 0 Å². The quantitative estimate of drug-likeness (QED) is 0.873. The molecule has 1 aromatic rings. The largest absolute Gasteiger partial charge is 0.384 e. The third-order valence-electron chi connectivity index (χ3n) is 3.43. The minimum absolute atomic E-state index is 0.272. The van der Waals surface area contributed by atoms with Crippen LogP contribution in [-0.4, -0.2) is 0 Å². The number of dihydropyridines is 1. The minimum atomic E-state index is -0.310. The summed E-state index contributed by atoms with van der Waals surface area (Å²) in [7, 11) is 0. The van der Waals surface area contributed by atoms with E-state index in [9.17, 15) is 10.5 Å². The van der Waals surface area contributed by atoms with E-state index in [2.05, 4.69) is 17.5 Å². The first-order valence-electron chi connectivity index (χ1n) is 6.92. The van der Waals surface area contributed by atoms with Gasteiger partial charge in [-0.3, -0.25) is 0 Å². The molecule has 0 saturated heterocycles. The smallest absolute Gasteiger partial charge is 0.116 e. The minimum Gasteiger partial charge on any atom is -0.384 e. The molecule has 0 aromatic heterocycles. The van der Waals surface area contributed by atoms with Crippen LogP contribution in [0, 0.1) is 34.0 Å². The van der Waals surface area contributed by atoms with Crippen molar-refractivity contribution in [3.63, 3.8) is 0 Å². The van der Waals surface area contributed by atoms with Gasteiger partial charge in [0.05, 0.1) is 28.3 Å². The first-order chi connectivity index (χ1) is 10.4. The van der Waals surface area contributed by atoms with Crippen LogP contribution < -0.4 is 11.1 Å². The molecule has 0 aliphatic carbocycles. The second kappa shape index (κ2) is 6.17. The maximum Gasteiger partial charge on any atom is 0.116 e. The Bertz CT molecular complexity index is 712. The van der Waals surface area contributed by atoms with Gasteiger partial charge in [-0.15, -0.1) is 0 Å². The summed E-state index contributed by atoms with van der Waals surface area (Å²) in [5.74, 6) is 0.0230. The van der Waals surface area contributed by atoms with E-state index in [1.807, 2.05) is 51.1 Å². The molecule has 4 nitrogen and oxygen atoms in total. The van der Waals surface area contributed by atoms with Gasteiger partial charge in [-0.05, 0) is 17.5 Å². The van der Waals surface area contributed by atoms with Crippen LogP contribution in [0.3, 0.4) is 0 Å². The zero-order valence-electron chi connectivity index (χ0n) is 12.8. The van der Waals surface area contributed by atoms with Crippen molar-refractivity contribution in [3.8, 4) is 12.1 Å². The van der Waals surface area contributed by atoms with E-state index in [4.69, 9.17) is 5.73 Å². The number of hydrogen-bond acceptors (Lipinski definition) is 5. The molecular formula is C17H18N4S. The molecule has 1 atom stereocenters. The molecule has 2 rings (SSSR count). The molecule has 1 aliphatic rings. The van der Waals surface area contributed by atoms with Crippen LogP contribution >= 0.6 is 11.8 Å². The molecule has 1 unspecified atom stereocenters. The van der Waals surface area contributed by atoms with Crippen molar-refractivity contribution in [2.24, 2.45) is 17.1 Å². The molecule has 22 heavy (non-hydrogen) atoms. The second-order valence-corrected chi connectivity index (χ2v) is 7.22. The second-order valence-electron chi connectivity index (χ2n) is 6.13. The molecule has 1 aliphatic heterocycles. The molecule has 1 heterocycles. The summed E-state index contributed by atoms with van der Waals surface area (Å²) in [6.45, 7) is 6.03. The van der Waals surface area contributed by atoms with E-state index in [-0.39, 0.29) is 11.3 Å². The Balaban J connectivity index is 2.51. The van der Waals surface area contributed by atoms with Gasteiger partial charge in [0.1, 0.15) is 5.82 Å². The lowest BCUT2D eigenvalue weighted by Crippen LogP contribution is -2.35. The number of nitrogens with zero attached hydrogens (tertiary/aromatic N) is 2. The normalized spacial score (nSPS) is 18.5. The highest BCUT2D eigenvalue weighted by Crippen LogP contribution is 2.43. The van der Waals surface area contributed by atoms with Crippen molar-refractivity contribution in [1.82, 2.24) is 5.32 Å². The molecule has 112 valence electrons. The van der Waals surface area contributed by atoms with Crippen LogP contribution in [0.15, 0.2) is 57.2 Å². The Morgan fingerprint density at radius 2 is 1.68 bits per heavy atom. The average Bonchev–Trinajstić information content (AvgIpc) is 2.46. The number of nitrogens with one attached hydrogen (secondary N) is 1. The maximum absolute atomic E-state index is 9.64. The van der Waals surface area contributed by atoms with Gasteiger partial charge < -0.3 is 11.1 Å². The summed E-state index contributed by atoms with van der Waals surface area (Å²) in [5.41, 5.74) is 6.75. The average molecular weight is 310 g/mol. The SMILES string of the molecule is CC(C)(C)C1C(C#N)=C(N)NC(Sc2ccccc2)=C1C#N. The number of nitriles is 2. The monoisotopic (exact) mass is 310 g/mol. The van der Waals surface area contributed by atoms with Crippen molar-refractivity contribution in [1.29, 1.82) is 10.5 Å². The summed E-state index contributed by atoms with van der Waals surface area (Å²) in [6, 6.07) is 14.2. The van der Waals surface area contributed by atoms with Crippen LogP contribution in [0.2, 0.25) is 0 Å². The van der Waals surface area contributed by atoms with E-state index in [1.54, 1.807) is 0 Å². The van der Waals surface area contributed by atoms with Crippen LogP contribution in [-0.2, 0) is 0 Å². The highest BCUT2D eigenvalue weighted by Gasteiger charge is 2.38. The fourth-order valence-corrected chi connectivity index (χ4v) is 3.44. The van der Waals surface area contributed by atoms with Gasteiger partial charge in [0.15, 0.2) is 0 Å². The van der Waals surface area contributed by atoms with E-state index in [1.165, 1.54) is 11.8 Å². The topological polar surface area (TPSA) is 85.6 Å². The highest BCUT2D eigenvalue weighted by atomic mass is 32.2. The lowest BCUT2D eigenvalue weighted by atomic mass is 9.71. The van der Waals surface area contributed by atoms with Crippen molar-refractivity contribution in [3.05, 3.63) is 52.3 Å². The first kappa shape index (κ1) is 16.0. The Morgan fingerprint density at radius 1 is 1.09 bits per heavy atom. The zero-order chi connectivity index (χ0) is 16.3. The third kappa shape index (κ3) is 3.10. The molecule has 3 N–H and O–H groups in total. The summed E-state index contributed by atoms with van der Waals surface area (Å²) in [4.78, 5) is 1.01. The van der Waals surface area contributed by atoms with E-state index in [0.29, 0.717) is 22.0 Å². The Labute approximate surface area is 135 Å². The van der Waals surface area contributed by atoms with Crippen LogP contribution in [0.1, 0.15) is 20.8 Å². The zero-order valence-corrected chi connectivity index (χ0v) is 13.7. The van der Waals surface area contributed by atoms with E-state index in [0.717, 1.165) is 4.90 Å². The maximum atomic E-state index is 9.64. The number of rotatable bonds is 2. The van der Waals surface area contributed by atoms with Crippen LogP contribution in [0.25, 0.3) is 0 Å². The molecule has 1 aromatic carbocycles. The van der Waals surface area contributed by atoms with Gasteiger partial charge in [-0.1, -0.05) is 50.7 Å². The van der Waals surface area contributed by atoms with Crippen LogP contribution in [0.5, 0.6) is 0 Å². The molecule has 0 spiro atoms. The van der Waals surface area contributed by atoms with Gasteiger partial charge in [0, 0.05) is 10.8 Å². The summed E-state index contributed by atoms with van der Waals surface area (Å²) in [6.07, 6.45) is 0. The Kier molecular flexibility index (Phi) is 4.49. The van der Waals surface area contributed by atoms with E-state index >= 15 is 0 Å². The lowest BCUT2D eigenvalue weighted by Gasteiger charge is -2.35. The summed E-state index contributed by atoms with van der Waals surface area (Å²) >= 11 is 1.46. The van der Waals surface area contributed by atoms with Crippen molar-refractivity contribution in [2.45, 2.75) is 25.7 Å². The number of nitrogens with two attached hydrogens (primary N) is 1. The predicted molar refractivity (Wildman–Crippen MR) is 87.8 cm³/mol. The fourth-order valence-electron chi connectivity index (χ4n) is 2.48. The van der Waals surface area contributed by atoms with Gasteiger partial charge >= 0.3 is 0 Å². The summed E-state index contributed by atoms with van der Waals surface area (Å²) < 4.78 is 0. The van der Waals surface area contributed by atoms with Gasteiger partial charge in [-0.2, -0.15) is 10.5 Å².